The molecule has 14 heteroatoms. The fourth-order valence-corrected chi connectivity index (χ4v) is 6.02. The Bertz CT molecular complexity index is 1860. The second kappa shape index (κ2) is 18.9. The van der Waals surface area contributed by atoms with Crippen LogP contribution in [0.2, 0.25) is 0 Å². The summed E-state index contributed by atoms with van der Waals surface area (Å²) < 4.78 is 16.3. The van der Waals surface area contributed by atoms with Crippen molar-refractivity contribution in [3.05, 3.63) is 107 Å². The zero-order valence-corrected chi connectivity index (χ0v) is 30.2. The minimum absolute atomic E-state index is 0.0570. The number of rotatable bonds is 17. The first-order chi connectivity index (χ1) is 26.3. The molecule has 1 atom stereocenters. The Morgan fingerprint density at radius 2 is 1.56 bits per heavy atom. The highest BCUT2D eigenvalue weighted by atomic mass is 16.5. The lowest BCUT2D eigenvalue weighted by atomic mass is 10.1. The van der Waals surface area contributed by atoms with Crippen molar-refractivity contribution in [2.75, 3.05) is 43.7 Å². The van der Waals surface area contributed by atoms with Crippen molar-refractivity contribution in [2.45, 2.75) is 63.6 Å². The molecule has 14 nitrogen and oxygen atoms in total. The maximum absolute atomic E-state index is 13.6. The van der Waals surface area contributed by atoms with E-state index in [9.17, 15) is 19.2 Å². The first-order valence-electron chi connectivity index (χ1n) is 18.4. The number of nitrogens with one attached hydrogen (secondary N) is 4. The van der Waals surface area contributed by atoms with Crippen LogP contribution in [0.25, 0.3) is 0 Å². The van der Waals surface area contributed by atoms with Gasteiger partial charge in [0.15, 0.2) is 6.39 Å². The van der Waals surface area contributed by atoms with E-state index in [1.54, 1.807) is 54.7 Å². The molecule has 1 aliphatic carbocycles. The van der Waals surface area contributed by atoms with Gasteiger partial charge in [0, 0.05) is 54.5 Å². The molecule has 4 aromatic rings. The van der Waals surface area contributed by atoms with Crippen molar-refractivity contribution < 1.29 is 33.1 Å². The maximum Gasteiger partial charge on any atom is 0.255 e. The summed E-state index contributed by atoms with van der Waals surface area (Å²) in [6.07, 6.45) is 8.51. The predicted octanol–water partition coefficient (Wildman–Crippen LogP) is 4.49. The lowest BCUT2D eigenvalue weighted by Crippen LogP contribution is -2.42. The number of unbranched alkanes of at least 4 members (excludes halogenated alkanes) is 3. The molecule has 0 unspecified atom stereocenters. The van der Waals surface area contributed by atoms with E-state index in [0.717, 1.165) is 49.8 Å². The molecule has 2 heterocycles. The number of oxazole rings is 1. The summed E-state index contributed by atoms with van der Waals surface area (Å²) in [7, 11) is 0. The lowest BCUT2D eigenvalue weighted by molar-refractivity contribution is -0.122. The molecule has 284 valence electrons. The van der Waals surface area contributed by atoms with E-state index >= 15 is 0 Å². The van der Waals surface area contributed by atoms with Gasteiger partial charge in [-0.1, -0.05) is 25.0 Å². The van der Waals surface area contributed by atoms with Crippen LogP contribution in [0.4, 0.5) is 11.4 Å². The highest BCUT2D eigenvalue weighted by Gasteiger charge is 2.33. The number of carbonyl (C=O) groups is 4. The zero-order valence-electron chi connectivity index (χ0n) is 30.2. The van der Waals surface area contributed by atoms with Gasteiger partial charge in [-0.25, -0.2) is 4.98 Å². The number of carbonyl (C=O) groups excluding carboxylic acids is 4. The van der Waals surface area contributed by atoms with Crippen LogP contribution in [0.15, 0.2) is 83.7 Å². The minimum Gasteiger partial charge on any atom is -0.489 e. The predicted molar refractivity (Wildman–Crippen MR) is 202 cm³/mol. The molecule has 3 aromatic carbocycles. The molecule has 1 aromatic heterocycles. The molecule has 0 spiro atoms. The van der Waals surface area contributed by atoms with E-state index in [1.165, 1.54) is 6.39 Å². The Morgan fingerprint density at radius 1 is 0.852 bits per heavy atom. The van der Waals surface area contributed by atoms with Gasteiger partial charge in [-0.2, -0.15) is 0 Å². The van der Waals surface area contributed by atoms with Gasteiger partial charge in [0.1, 0.15) is 24.8 Å². The average Bonchev–Trinajstić information content (AvgIpc) is 3.89. The van der Waals surface area contributed by atoms with E-state index in [-0.39, 0.29) is 29.7 Å². The summed E-state index contributed by atoms with van der Waals surface area (Å²) in [4.78, 5) is 57.1. The lowest BCUT2D eigenvalue weighted by Gasteiger charge is -2.24. The van der Waals surface area contributed by atoms with Gasteiger partial charge in [0.05, 0.1) is 24.5 Å². The smallest absolute Gasteiger partial charge is 0.255 e. The maximum atomic E-state index is 13.6. The molecule has 0 saturated heterocycles. The van der Waals surface area contributed by atoms with E-state index in [1.807, 2.05) is 23.1 Å². The van der Waals surface area contributed by atoms with Crippen molar-refractivity contribution in [1.29, 1.82) is 0 Å². The number of hydrogen-bond donors (Lipinski definition) is 5. The first kappa shape index (κ1) is 38.0. The van der Waals surface area contributed by atoms with E-state index in [0.29, 0.717) is 79.9 Å². The van der Waals surface area contributed by atoms with Crippen molar-refractivity contribution in [2.24, 2.45) is 5.73 Å². The topological polar surface area (TPSA) is 190 Å². The van der Waals surface area contributed by atoms with Gasteiger partial charge in [-0.3, -0.25) is 19.2 Å². The van der Waals surface area contributed by atoms with E-state index in [4.69, 9.17) is 19.6 Å². The van der Waals surface area contributed by atoms with Crippen LogP contribution in [0.1, 0.15) is 80.9 Å². The summed E-state index contributed by atoms with van der Waals surface area (Å²) >= 11 is 0. The number of anilines is 2. The number of fused-ring (bicyclic) bond motifs is 1. The second-order valence-corrected chi connectivity index (χ2v) is 13.4. The number of hydrogen-bond acceptors (Lipinski definition) is 10. The highest BCUT2D eigenvalue weighted by Crippen LogP contribution is 2.32. The number of nitrogens with two attached hydrogens (primary N) is 1. The third kappa shape index (κ3) is 10.9. The normalized spacial score (nSPS) is 14.2. The molecule has 54 heavy (non-hydrogen) atoms. The van der Waals surface area contributed by atoms with Crippen LogP contribution >= 0.6 is 0 Å². The van der Waals surface area contributed by atoms with Crippen molar-refractivity contribution >= 4 is 35.0 Å². The summed E-state index contributed by atoms with van der Waals surface area (Å²) in [5, 5.41) is 11.8. The molecule has 2 aliphatic rings. The Kier molecular flexibility index (Phi) is 13.3. The average molecular weight is 738 g/mol. The fourth-order valence-electron chi connectivity index (χ4n) is 6.02. The Balaban J connectivity index is 0.893. The van der Waals surface area contributed by atoms with Crippen LogP contribution in [0, 0.1) is 0 Å². The van der Waals surface area contributed by atoms with Gasteiger partial charge in [0.25, 0.3) is 17.7 Å². The minimum atomic E-state index is -0.682. The largest absolute Gasteiger partial charge is 0.489 e. The molecule has 1 aliphatic heterocycles. The summed E-state index contributed by atoms with van der Waals surface area (Å²) in [6.45, 7) is 2.77. The molecule has 1 saturated carbocycles. The third-order valence-electron chi connectivity index (χ3n) is 9.23. The summed E-state index contributed by atoms with van der Waals surface area (Å²) in [5.41, 5.74) is 9.74. The van der Waals surface area contributed by atoms with Crippen LogP contribution in [-0.4, -0.2) is 78.6 Å². The molecule has 4 amide bonds. The molecule has 1 fully saturated rings. The van der Waals surface area contributed by atoms with Gasteiger partial charge >= 0.3 is 0 Å². The highest BCUT2D eigenvalue weighted by molar-refractivity contribution is 6.04. The number of benzene rings is 3. The standard InChI is InChI=1S/C40H47N7O7/c41-34(22-33-23-42-25-54-33)39(50)44-18-4-2-1-3-17-43-37(48)28-9-12-31(13-10-28)46-38(49)29-7-5-27(6-8-29)24-47(32-14-15-32)40(51)30-11-16-35-36(21-30)53-20-19-52-26-45-35/h5-13,16,21,23,25,32,34,45H,1-4,14-15,17-20,22,24,26,41H2,(H,43,48)(H,44,50)(H,46,49)/t34-/m1/s1. The van der Waals surface area contributed by atoms with Gasteiger partial charge in [0.2, 0.25) is 5.91 Å². The Hall–Kier alpha value is -5.73. The fraction of sp³-hybridized carbons (Fsp3) is 0.375. The molecule has 6 N–H and O–H groups in total. The molecular weight excluding hydrogens is 690 g/mol. The van der Waals surface area contributed by atoms with Gasteiger partial charge in [-0.05, 0) is 85.8 Å². The SMILES string of the molecule is N[C@H](Cc1cnco1)C(=O)NCCCCCCNC(=O)c1ccc(NC(=O)c2ccc(CN(C(=O)c3ccc4c(c3)OCCOCN4)C3CC3)cc2)cc1. The summed E-state index contributed by atoms with van der Waals surface area (Å²) in [6, 6.07) is 18.9. The number of nitrogens with zero attached hydrogens (tertiary/aromatic N) is 2. The van der Waals surface area contributed by atoms with Crippen LogP contribution in [-0.2, 0) is 22.5 Å². The quantitative estimate of drug-likeness (QED) is 0.0966. The van der Waals surface area contributed by atoms with Crippen LogP contribution in [0.3, 0.4) is 0 Å². The number of ether oxygens (including phenoxy) is 2. The number of aromatic nitrogens is 1. The van der Waals surface area contributed by atoms with Crippen molar-refractivity contribution in [3.8, 4) is 5.75 Å². The molecular formula is C40H47N7O7. The van der Waals surface area contributed by atoms with Gasteiger partial charge < -0.3 is 45.8 Å². The van der Waals surface area contributed by atoms with Crippen LogP contribution in [0.5, 0.6) is 5.75 Å². The molecule has 6 rings (SSSR count). The van der Waals surface area contributed by atoms with Crippen LogP contribution < -0.4 is 31.7 Å². The zero-order chi connectivity index (χ0) is 37.7. The molecule has 0 bridgehead atoms. The van der Waals surface area contributed by atoms with Crippen molar-refractivity contribution in [1.82, 2.24) is 20.5 Å². The first-order valence-corrected chi connectivity index (χ1v) is 18.4. The van der Waals surface area contributed by atoms with E-state index < -0.39 is 6.04 Å². The van der Waals surface area contributed by atoms with Crippen molar-refractivity contribution in [3.63, 3.8) is 0 Å². The molecule has 0 radical (unpaired) electrons. The Labute approximate surface area is 314 Å². The monoisotopic (exact) mass is 737 g/mol. The third-order valence-corrected chi connectivity index (χ3v) is 9.23. The number of amides is 4. The van der Waals surface area contributed by atoms with Gasteiger partial charge in [-0.15, -0.1) is 0 Å². The second-order valence-electron chi connectivity index (χ2n) is 13.4. The Morgan fingerprint density at radius 3 is 2.28 bits per heavy atom. The summed E-state index contributed by atoms with van der Waals surface area (Å²) in [5.74, 6) is 0.465. The van der Waals surface area contributed by atoms with E-state index in [2.05, 4.69) is 26.3 Å².